The molecule has 4 nitrogen and oxygen atoms in total. The lowest BCUT2D eigenvalue weighted by Gasteiger charge is -2.16. The number of carbonyl (C=O) groups excluding carboxylic acids is 1. The third-order valence-electron chi connectivity index (χ3n) is 6.04. The first-order chi connectivity index (χ1) is 15.3. The molecule has 5 aromatic rings. The minimum atomic E-state index is -0.0165. The van der Waals surface area contributed by atoms with E-state index in [0.717, 1.165) is 38.7 Å². The lowest BCUT2D eigenvalue weighted by atomic mass is 10.1. The summed E-state index contributed by atoms with van der Waals surface area (Å²) in [6.07, 6.45) is 0. The Labute approximate surface area is 179 Å². The fourth-order valence-corrected chi connectivity index (χ4v) is 4.70. The number of nitrogens with zero attached hydrogens (tertiary/aromatic N) is 3. The smallest absolute Gasteiger partial charge is 0.261 e. The lowest BCUT2D eigenvalue weighted by molar-refractivity contribution is 0.0996. The average molecular weight is 399 g/mol. The largest absolute Gasteiger partial charge is 0.307 e. The zero-order valence-corrected chi connectivity index (χ0v) is 16.6. The molecule has 6 rings (SSSR count). The molecule has 0 bridgehead atoms. The summed E-state index contributed by atoms with van der Waals surface area (Å²) in [5.41, 5.74) is 5.81. The molecular formula is C27H17N3O. The molecule has 0 N–H and O–H groups in total. The van der Waals surface area contributed by atoms with Crippen LogP contribution in [0.3, 0.4) is 0 Å². The molecule has 0 aliphatic carbocycles. The number of aromatic nitrogens is 1. The van der Waals surface area contributed by atoms with Gasteiger partial charge in [-0.15, -0.1) is 0 Å². The Balaban J connectivity index is 1.67. The van der Waals surface area contributed by atoms with Gasteiger partial charge in [-0.3, -0.25) is 4.79 Å². The topological polar surface area (TPSA) is 49.0 Å². The van der Waals surface area contributed by atoms with Crippen molar-refractivity contribution in [3.63, 3.8) is 0 Å². The number of nitriles is 1. The second-order valence-electron chi connectivity index (χ2n) is 7.70. The molecule has 1 aliphatic heterocycles. The van der Waals surface area contributed by atoms with Gasteiger partial charge in [0.1, 0.15) is 6.07 Å². The summed E-state index contributed by atoms with van der Waals surface area (Å²) < 4.78 is 2.08. The maximum Gasteiger partial charge on any atom is 0.261 e. The normalized spacial score (nSPS) is 13.0. The molecule has 0 fully saturated rings. The maximum absolute atomic E-state index is 13.6. The van der Waals surface area contributed by atoms with Crippen LogP contribution in [-0.2, 0) is 6.54 Å². The van der Waals surface area contributed by atoms with Gasteiger partial charge >= 0.3 is 0 Å². The number of fused-ring (bicyclic) bond motifs is 4. The zero-order valence-electron chi connectivity index (χ0n) is 16.6. The van der Waals surface area contributed by atoms with Crippen LogP contribution < -0.4 is 4.90 Å². The van der Waals surface area contributed by atoms with Crippen LogP contribution in [0.15, 0.2) is 91.0 Å². The van der Waals surface area contributed by atoms with Gasteiger partial charge in [0.25, 0.3) is 5.91 Å². The van der Waals surface area contributed by atoms with Crippen LogP contribution in [0.5, 0.6) is 0 Å². The van der Waals surface area contributed by atoms with E-state index < -0.39 is 0 Å². The van der Waals surface area contributed by atoms with E-state index >= 15 is 0 Å². The van der Waals surface area contributed by atoms with E-state index in [0.29, 0.717) is 17.7 Å². The van der Waals surface area contributed by atoms with Gasteiger partial charge in [-0.1, -0.05) is 60.7 Å². The van der Waals surface area contributed by atoms with E-state index in [2.05, 4.69) is 16.7 Å². The highest BCUT2D eigenvalue weighted by molar-refractivity contribution is 6.15. The number of rotatable bonds is 2. The summed E-state index contributed by atoms with van der Waals surface area (Å²) in [6.45, 7) is 0.536. The molecule has 0 saturated heterocycles. The molecule has 0 saturated carbocycles. The van der Waals surface area contributed by atoms with Crippen molar-refractivity contribution in [2.24, 2.45) is 0 Å². The first-order valence-corrected chi connectivity index (χ1v) is 10.2. The SMILES string of the molecule is N#Cc1cccc2c3ccccc3n(-c3cccc4c3C(=O)N(c3ccccc3)C4)c12. The van der Waals surface area contributed by atoms with Crippen LogP contribution in [0.4, 0.5) is 5.69 Å². The number of para-hydroxylation sites is 3. The monoisotopic (exact) mass is 399 g/mol. The van der Waals surface area contributed by atoms with Crippen molar-refractivity contribution in [3.05, 3.63) is 108 Å². The van der Waals surface area contributed by atoms with Crippen LogP contribution in [0.1, 0.15) is 21.5 Å². The van der Waals surface area contributed by atoms with Gasteiger partial charge in [0.15, 0.2) is 0 Å². The molecule has 0 spiro atoms. The van der Waals surface area contributed by atoms with Gasteiger partial charge < -0.3 is 9.47 Å². The molecule has 1 aliphatic rings. The summed E-state index contributed by atoms with van der Waals surface area (Å²) in [4.78, 5) is 15.4. The Morgan fingerprint density at radius 1 is 0.774 bits per heavy atom. The Morgan fingerprint density at radius 3 is 2.35 bits per heavy atom. The van der Waals surface area contributed by atoms with Crippen molar-refractivity contribution in [1.82, 2.24) is 4.57 Å². The predicted octanol–water partition coefficient (Wildman–Crippen LogP) is 5.82. The fraction of sp³-hybridized carbons (Fsp3) is 0.0370. The second-order valence-corrected chi connectivity index (χ2v) is 7.70. The molecule has 4 aromatic carbocycles. The molecule has 4 heteroatoms. The van der Waals surface area contributed by atoms with Gasteiger partial charge in [-0.05, 0) is 35.9 Å². The lowest BCUT2D eigenvalue weighted by Crippen LogP contribution is -2.23. The third-order valence-corrected chi connectivity index (χ3v) is 6.04. The zero-order chi connectivity index (χ0) is 20.9. The Hall–Kier alpha value is -4.36. The minimum absolute atomic E-state index is 0.0165. The molecular weight excluding hydrogens is 382 g/mol. The number of amides is 1. The highest BCUT2D eigenvalue weighted by atomic mass is 16.2. The number of carbonyl (C=O) groups is 1. The number of hydrogen-bond donors (Lipinski definition) is 0. The van der Waals surface area contributed by atoms with Crippen LogP contribution in [0.2, 0.25) is 0 Å². The molecule has 0 radical (unpaired) electrons. The summed E-state index contributed by atoms with van der Waals surface area (Å²) in [6, 6.07) is 32.0. The highest BCUT2D eigenvalue weighted by Crippen LogP contribution is 2.38. The van der Waals surface area contributed by atoms with E-state index in [1.54, 1.807) is 0 Å². The molecule has 2 heterocycles. The molecule has 0 atom stereocenters. The molecule has 146 valence electrons. The second kappa shape index (κ2) is 6.58. The summed E-state index contributed by atoms with van der Waals surface area (Å²) >= 11 is 0. The van der Waals surface area contributed by atoms with E-state index in [1.807, 2.05) is 89.8 Å². The van der Waals surface area contributed by atoms with Gasteiger partial charge in [-0.2, -0.15) is 5.26 Å². The molecule has 31 heavy (non-hydrogen) atoms. The van der Waals surface area contributed by atoms with E-state index in [1.165, 1.54) is 0 Å². The quantitative estimate of drug-likeness (QED) is 0.376. The van der Waals surface area contributed by atoms with Crippen molar-refractivity contribution in [3.8, 4) is 11.8 Å². The maximum atomic E-state index is 13.6. The summed E-state index contributed by atoms with van der Waals surface area (Å²) in [5, 5.41) is 11.9. The first-order valence-electron chi connectivity index (χ1n) is 10.2. The van der Waals surface area contributed by atoms with Crippen molar-refractivity contribution >= 4 is 33.4 Å². The highest BCUT2D eigenvalue weighted by Gasteiger charge is 2.32. The Kier molecular flexibility index (Phi) is 3.71. The van der Waals surface area contributed by atoms with Crippen molar-refractivity contribution in [2.45, 2.75) is 6.54 Å². The molecule has 0 unspecified atom stereocenters. The number of anilines is 1. The minimum Gasteiger partial charge on any atom is -0.307 e. The predicted molar refractivity (Wildman–Crippen MR) is 122 cm³/mol. The standard InChI is InChI=1S/C27H17N3O/c28-16-18-8-6-13-22-21-12-4-5-14-23(21)30(26(18)22)24-15-7-9-19-17-29(27(31)25(19)24)20-10-2-1-3-11-20/h1-15H,17H2. The third kappa shape index (κ3) is 2.44. The summed E-state index contributed by atoms with van der Waals surface area (Å²) in [5.74, 6) is -0.0165. The van der Waals surface area contributed by atoms with Crippen LogP contribution in [0.25, 0.3) is 27.5 Å². The fourth-order valence-electron chi connectivity index (χ4n) is 4.70. The van der Waals surface area contributed by atoms with E-state index in [4.69, 9.17) is 0 Å². The van der Waals surface area contributed by atoms with E-state index in [9.17, 15) is 10.1 Å². The van der Waals surface area contributed by atoms with Crippen LogP contribution >= 0.6 is 0 Å². The van der Waals surface area contributed by atoms with Gasteiger partial charge in [-0.25, -0.2) is 0 Å². The summed E-state index contributed by atoms with van der Waals surface area (Å²) in [7, 11) is 0. The van der Waals surface area contributed by atoms with E-state index in [-0.39, 0.29) is 5.91 Å². The first kappa shape index (κ1) is 17.5. The van der Waals surface area contributed by atoms with Gasteiger partial charge in [0.05, 0.1) is 34.4 Å². The van der Waals surface area contributed by atoms with Gasteiger partial charge in [0, 0.05) is 16.5 Å². The number of hydrogen-bond acceptors (Lipinski definition) is 2. The number of benzene rings is 4. The van der Waals surface area contributed by atoms with Crippen LogP contribution in [0, 0.1) is 11.3 Å². The van der Waals surface area contributed by atoms with Crippen LogP contribution in [-0.4, -0.2) is 10.5 Å². The average Bonchev–Trinajstić information content (AvgIpc) is 3.35. The van der Waals surface area contributed by atoms with Gasteiger partial charge in [0.2, 0.25) is 0 Å². The van der Waals surface area contributed by atoms with Crippen molar-refractivity contribution < 1.29 is 4.79 Å². The Bertz CT molecular complexity index is 1540. The Morgan fingerprint density at radius 2 is 1.52 bits per heavy atom. The molecule has 1 amide bonds. The molecule has 1 aromatic heterocycles. The van der Waals surface area contributed by atoms with Crippen molar-refractivity contribution in [1.29, 1.82) is 5.26 Å². The van der Waals surface area contributed by atoms with Crippen molar-refractivity contribution in [2.75, 3.05) is 4.90 Å².